The minimum atomic E-state index is -3.96. The van der Waals surface area contributed by atoms with Gasteiger partial charge in [-0.15, -0.1) is 0 Å². The molecule has 0 bridgehead atoms. The van der Waals surface area contributed by atoms with Crippen LogP contribution in [0.5, 0.6) is 0 Å². The van der Waals surface area contributed by atoms with Crippen LogP contribution in [0.25, 0.3) is 0 Å². The van der Waals surface area contributed by atoms with E-state index in [1.54, 1.807) is 6.07 Å². The van der Waals surface area contributed by atoms with Crippen molar-refractivity contribution >= 4 is 39.4 Å². The molecule has 0 aliphatic carbocycles. The van der Waals surface area contributed by atoms with E-state index in [-0.39, 0.29) is 22.1 Å². The highest BCUT2D eigenvalue weighted by atomic mass is 32.2. The van der Waals surface area contributed by atoms with Crippen molar-refractivity contribution in [3.05, 3.63) is 64.2 Å². The van der Waals surface area contributed by atoms with Crippen molar-refractivity contribution in [3.8, 4) is 0 Å². The number of amides is 2. The highest BCUT2D eigenvalue weighted by Gasteiger charge is 2.23. The lowest BCUT2D eigenvalue weighted by Gasteiger charge is -2.16. The van der Waals surface area contributed by atoms with Crippen molar-refractivity contribution in [3.63, 3.8) is 0 Å². The molecule has 0 saturated carbocycles. The molecule has 0 saturated heterocycles. The summed E-state index contributed by atoms with van der Waals surface area (Å²) in [4.78, 5) is 33.3. The third kappa shape index (κ3) is 5.93. The maximum Gasteiger partial charge on any atom is 0.278 e. The van der Waals surface area contributed by atoms with Crippen LogP contribution < -0.4 is 10.7 Å². The van der Waals surface area contributed by atoms with E-state index in [2.05, 4.69) is 15.8 Å². The molecule has 0 aliphatic heterocycles. The maximum atomic E-state index is 12.6. The average molecular weight is 433 g/mol. The molecule has 0 aliphatic rings. The number of nitro groups is 1. The summed E-state index contributed by atoms with van der Waals surface area (Å²) in [5, 5.41) is 17.1. The van der Waals surface area contributed by atoms with Gasteiger partial charge in [0.1, 0.15) is 0 Å². The predicted molar refractivity (Wildman–Crippen MR) is 109 cm³/mol. The quantitative estimate of drug-likeness (QED) is 0.364. The number of hydrazone groups is 1. The smallest absolute Gasteiger partial charge is 0.278 e. The van der Waals surface area contributed by atoms with Gasteiger partial charge in [-0.25, -0.2) is 13.8 Å². The number of carbonyl (C=O) groups is 2. The molecule has 0 radical (unpaired) electrons. The fraction of sp³-hybridized carbons (Fsp3) is 0.167. The van der Waals surface area contributed by atoms with Crippen LogP contribution in [0.15, 0.2) is 58.5 Å². The van der Waals surface area contributed by atoms with Crippen LogP contribution in [-0.4, -0.2) is 49.3 Å². The van der Waals surface area contributed by atoms with Gasteiger partial charge in [-0.1, -0.05) is 12.1 Å². The first-order chi connectivity index (χ1) is 14.1. The molecule has 158 valence electrons. The second kappa shape index (κ2) is 9.71. The molecule has 0 spiro atoms. The van der Waals surface area contributed by atoms with Crippen molar-refractivity contribution in [2.75, 3.05) is 18.9 Å². The zero-order valence-electron chi connectivity index (χ0n) is 16.1. The van der Waals surface area contributed by atoms with Gasteiger partial charge in [0.15, 0.2) is 0 Å². The minimum absolute atomic E-state index is 0.0599. The molecule has 0 atom stereocenters. The summed E-state index contributed by atoms with van der Waals surface area (Å²) < 4.78 is 26.0. The number of nitro benzene ring substituents is 1. The third-order valence-corrected chi connectivity index (χ3v) is 5.59. The second-order valence-corrected chi connectivity index (χ2v) is 8.12. The van der Waals surface area contributed by atoms with Crippen LogP contribution in [0.4, 0.5) is 11.4 Å². The van der Waals surface area contributed by atoms with E-state index in [1.807, 2.05) is 0 Å². The largest absolute Gasteiger partial charge is 0.326 e. The molecule has 2 aromatic rings. The van der Waals surface area contributed by atoms with Crippen molar-refractivity contribution in [2.45, 2.75) is 11.8 Å². The highest BCUT2D eigenvalue weighted by Crippen LogP contribution is 2.17. The highest BCUT2D eigenvalue weighted by molar-refractivity contribution is 7.89. The van der Waals surface area contributed by atoms with E-state index >= 15 is 0 Å². The number of likely N-dealkylation sites (N-methyl/N-ethyl adjacent to an activating group) is 1. The van der Waals surface area contributed by atoms with Crippen LogP contribution in [0, 0.1) is 10.1 Å². The summed E-state index contributed by atoms with van der Waals surface area (Å²) in [5.74, 6) is -1.02. The Morgan fingerprint density at radius 1 is 1.17 bits per heavy atom. The lowest BCUT2D eigenvalue weighted by atomic mass is 10.2. The molecule has 2 amide bonds. The van der Waals surface area contributed by atoms with E-state index in [0.29, 0.717) is 5.69 Å². The van der Waals surface area contributed by atoms with Crippen LogP contribution in [0.1, 0.15) is 12.5 Å². The minimum Gasteiger partial charge on any atom is -0.326 e. The molecule has 2 N–H and O–H groups in total. The third-order valence-electron chi connectivity index (χ3n) is 3.78. The molecule has 0 fully saturated rings. The summed E-state index contributed by atoms with van der Waals surface area (Å²) in [5.41, 5.74) is 2.57. The zero-order valence-corrected chi connectivity index (χ0v) is 16.9. The summed E-state index contributed by atoms with van der Waals surface area (Å²) in [7, 11) is -2.73. The average Bonchev–Trinajstić information content (AvgIpc) is 2.68. The first kappa shape index (κ1) is 22.6. The van der Waals surface area contributed by atoms with E-state index in [0.717, 1.165) is 10.5 Å². The summed E-state index contributed by atoms with van der Waals surface area (Å²) in [6, 6.07) is 11.3. The number of nitrogens with one attached hydrogen (secondary N) is 2. The Balaban J connectivity index is 2.01. The molecule has 11 nitrogen and oxygen atoms in total. The Bertz CT molecular complexity index is 1080. The second-order valence-electron chi connectivity index (χ2n) is 6.08. The first-order valence-electron chi connectivity index (χ1n) is 8.50. The van der Waals surface area contributed by atoms with Gasteiger partial charge in [0, 0.05) is 25.7 Å². The predicted octanol–water partition coefficient (Wildman–Crippen LogP) is 1.32. The molecule has 0 heterocycles. The number of para-hydroxylation sites is 1. The van der Waals surface area contributed by atoms with E-state index in [1.165, 1.54) is 56.4 Å². The van der Waals surface area contributed by atoms with Crippen molar-refractivity contribution in [1.82, 2.24) is 9.73 Å². The number of nitrogens with zero attached hydrogens (tertiary/aromatic N) is 3. The number of carbonyl (C=O) groups excluding carboxylic acids is 2. The van der Waals surface area contributed by atoms with E-state index in [9.17, 15) is 28.1 Å². The molecule has 0 aromatic heterocycles. The van der Waals surface area contributed by atoms with Gasteiger partial charge in [-0.05, 0) is 30.3 Å². The van der Waals surface area contributed by atoms with Crippen LogP contribution >= 0.6 is 0 Å². The number of hydrogen-bond donors (Lipinski definition) is 2. The van der Waals surface area contributed by atoms with Gasteiger partial charge < -0.3 is 5.32 Å². The molecule has 0 unspecified atom stereocenters. The molecule has 12 heteroatoms. The summed E-state index contributed by atoms with van der Waals surface area (Å²) >= 11 is 0. The fourth-order valence-electron chi connectivity index (χ4n) is 2.35. The van der Waals surface area contributed by atoms with Gasteiger partial charge in [0.2, 0.25) is 15.9 Å². The molecule has 30 heavy (non-hydrogen) atoms. The van der Waals surface area contributed by atoms with Gasteiger partial charge in [-0.2, -0.15) is 9.41 Å². The Kier molecular flexibility index (Phi) is 7.33. The molecule has 2 aromatic carbocycles. The summed E-state index contributed by atoms with van der Waals surface area (Å²) in [6.07, 6.45) is 1.10. The SMILES string of the molecule is CC(=O)Nc1ccc(S(=O)(=O)N(C)CC(=O)N/N=C\c2ccccc2[N+](=O)[O-])cc1. The van der Waals surface area contributed by atoms with Crippen molar-refractivity contribution in [2.24, 2.45) is 5.10 Å². The number of rotatable bonds is 8. The van der Waals surface area contributed by atoms with Crippen LogP contribution in [0.3, 0.4) is 0 Å². The molecule has 2 rings (SSSR count). The van der Waals surface area contributed by atoms with E-state index in [4.69, 9.17) is 0 Å². The zero-order chi connectivity index (χ0) is 22.3. The maximum absolute atomic E-state index is 12.6. The Morgan fingerprint density at radius 3 is 2.40 bits per heavy atom. The normalized spacial score (nSPS) is 11.4. The Morgan fingerprint density at radius 2 is 1.80 bits per heavy atom. The monoisotopic (exact) mass is 433 g/mol. The molecular formula is C18H19N5O6S. The van der Waals surface area contributed by atoms with Gasteiger partial charge in [-0.3, -0.25) is 19.7 Å². The van der Waals surface area contributed by atoms with Crippen LogP contribution in [0.2, 0.25) is 0 Å². The van der Waals surface area contributed by atoms with E-state index < -0.39 is 27.4 Å². The lowest BCUT2D eigenvalue weighted by Crippen LogP contribution is -2.36. The first-order valence-corrected chi connectivity index (χ1v) is 9.94. The summed E-state index contributed by atoms with van der Waals surface area (Å²) in [6.45, 7) is 0.805. The number of hydrogen-bond acceptors (Lipinski definition) is 7. The topological polar surface area (TPSA) is 151 Å². The van der Waals surface area contributed by atoms with Gasteiger partial charge >= 0.3 is 0 Å². The van der Waals surface area contributed by atoms with Gasteiger partial charge in [0.25, 0.3) is 11.6 Å². The lowest BCUT2D eigenvalue weighted by molar-refractivity contribution is -0.385. The van der Waals surface area contributed by atoms with Crippen molar-refractivity contribution in [1.29, 1.82) is 0 Å². The van der Waals surface area contributed by atoms with Gasteiger partial charge in [0.05, 0.1) is 28.1 Å². The Hall–Kier alpha value is -3.64. The number of anilines is 1. The van der Waals surface area contributed by atoms with Crippen LogP contribution in [-0.2, 0) is 19.6 Å². The fourth-order valence-corrected chi connectivity index (χ4v) is 3.48. The standard InChI is InChI=1S/C18H19N5O6S/c1-13(24)20-15-7-9-16(10-8-15)30(28,29)22(2)12-18(25)21-19-11-14-5-3-4-6-17(14)23(26)27/h3-11H,12H2,1-2H3,(H,20,24)(H,21,25)/b19-11-. The Labute approximate surface area is 172 Å². The van der Waals surface area contributed by atoms with Crippen molar-refractivity contribution < 1.29 is 22.9 Å². The number of benzene rings is 2. The molecular weight excluding hydrogens is 414 g/mol. The number of sulfonamides is 1.